The minimum atomic E-state index is -0.792. The topological polar surface area (TPSA) is 78.9 Å². The SMILES string of the molecule is CC/C=C\C/C=C\C/C=C\C/C=C\C/C=C\C/C=C\CCCCCCCCC(=O)OCC(COC(=O)CCCCCCC/C=C\CCCCCCC)OC(=O)CCCCCCCCCCCCC/C=C\C/C=C\CCCCCCC. The van der Waals surface area contributed by atoms with Gasteiger partial charge < -0.3 is 14.2 Å². The molecule has 6 heteroatoms. The highest BCUT2D eigenvalue weighted by atomic mass is 16.6. The first kappa shape index (κ1) is 76.1. The van der Waals surface area contributed by atoms with E-state index < -0.39 is 6.10 Å². The van der Waals surface area contributed by atoms with Gasteiger partial charge in [0.15, 0.2) is 6.10 Å². The van der Waals surface area contributed by atoms with Gasteiger partial charge in [0.2, 0.25) is 0 Å². The standard InChI is InChI=1S/C74H126O6/c1-4-7-10-13-16-19-22-25-28-30-32-34-36-37-39-40-42-44-46-49-52-55-58-61-64-67-73(76)79-70-71(69-78-72(75)66-63-60-57-54-51-48-27-24-21-18-15-12-9-6-3)80-74(77)68-65-62-59-56-53-50-47-45-43-41-38-35-33-31-29-26-23-20-17-14-11-8-5-2/h7,10,16,19,23-28,31-34,37,39,42,44,71H,4-6,8-9,11-15,17-18,20-22,29-30,35-36,38,40-41,43,45-70H2,1-3H3/b10-7-,19-16-,26-23-,27-24-,28-25-,33-31-,34-32-,39-37-,44-42-. The zero-order chi connectivity index (χ0) is 57.8. The van der Waals surface area contributed by atoms with Crippen molar-refractivity contribution in [2.24, 2.45) is 0 Å². The summed E-state index contributed by atoms with van der Waals surface area (Å²) in [7, 11) is 0. The van der Waals surface area contributed by atoms with E-state index in [1.807, 2.05) is 0 Å². The monoisotopic (exact) mass is 1110 g/mol. The summed E-state index contributed by atoms with van der Waals surface area (Å²) in [5, 5.41) is 0. The summed E-state index contributed by atoms with van der Waals surface area (Å²) >= 11 is 0. The average molecular weight is 1110 g/mol. The molecule has 0 aromatic rings. The summed E-state index contributed by atoms with van der Waals surface area (Å²) in [5.41, 5.74) is 0. The van der Waals surface area contributed by atoms with Crippen molar-refractivity contribution in [1.29, 1.82) is 0 Å². The molecule has 0 aliphatic carbocycles. The van der Waals surface area contributed by atoms with Gasteiger partial charge in [0, 0.05) is 19.3 Å². The van der Waals surface area contributed by atoms with Crippen LogP contribution in [0.3, 0.4) is 0 Å². The van der Waals surface area contributed by atoms with Gasteiger partial charge in [-0.05, 0) is 128 Å². The Kier molecular flexibility index (Phi) is 64.3. The van der Waals surface area contributed by atoms with Crippen LogP contribution in [0.25, 0.3) is 0 Å². The van der Waals surface area contributed by atoms with Gasteiger partial charge in [-0.25, -0.2) is 0 Å². The smallest absolute Gasteiger partial charge is 0.306 e. The van der Waals surface area contributed by atoms with Crippen molar-refractivity contribution in [3.63, 3.8) is 0 Å². The third-order valence-electron chi connectivity index (χ3n) is 14.5. The van der Waals surface area contributed by atoms with Crippen LogP contribution in [-0.2, 0) is 28.6 Å². The van der Waals surface area contributed by atoms with Crippen LogP contribution in [0, 0.1) is 0 Å². The fourth-order valence-corrected chi connectivity index (χ4v) is 9.41. The second-order valence-corrected chi connectivity index (χ2v) is 22.3. The molecule has 80 heavy (non-hydrogen) atoms. The van der Waals surface area contributed by atoms with Gasteiger partial charge in [0.05, 0.1) is 0 Å². The number of carbonyl (C=O) groups excluding carboxylic acids is 3. The Balaban J connectivity index is 4.38. The molecule has 0 saturated carbocycles. The van der Waals surface area contributed by atoms with E-state index in [-0.39, 0.29) is 31.1 Å². The Hall–Kier alpha value is -3.93. The van der Waals surface area contributed by atoms with Crippen LogP contribution >= 0.6 is 0 Å². The van der Waals surface area contributed by atoms with Gasteiger partial charge in [0.1, 0.15) is 13.2 Å². The summed E-state index contributed by atoms with van der Waals surface area (Å²) < 4.78 is 16.9. The minimum Gasteiger partial charge on any atom is -0.462 e. The first-order chi connectivity index (χ1) is 39.5. The van der Waals surface area contributed by atoms with Crippen LogP contribution in [-0.4, -0.2) is 37.2 Å². The van der Waals surface area contributed by atoms with Crippen LogP contribution < -0.4 is 0 Å². The number of hydrogen-bond acceptors (Lipinski definition) is 6. The molecule has 0 heterocycles. The largest absolute Gasteiger partial charge is 0.462 e. The molecule has 0 fully saturated rings. The molecule has 0 N–H and O–H groups in total. The first-order valence-corrected chi connectivity index (χ1v) is 33.9. The zero-order valence-electron chi connectivity index (χ0n) is 52.6. The average Bonchev–Trinajstić information content (AvgIpc) is 3.46. The maximum atomic E-state index is 12.9. The number of unbranched alkanes of at least 4 members (excludes halogenated alkanes) is 32. The molecule has 0 aromatic carbocycles. The van der Waals surface area contributed by atoms with E-state index in [1.54, 1.807) is 0 Å². The molecule has 0 spiro atoms. The summed E-state index contributed by atoms with van der Waals surface area (Å²) in [4.78, 5) is 38.4. The predicted molar refractivity (Wildman–Crippen MR) is 348 cm³/mol. The van der Waals surface area contributed by atoms with Gasteiger partial charge in [-0.3, -0.25) is 14.4 Å². The second-order valence-electron chi connectivity index (χ2n) is 22.3. The van der Waals surface area contributed by atoms with E-state index in [2.05, 4.69) is 130 Å². The molecule has 0 aliphatic rings. The highest BCUT2D eigenvalue weighted by Gasteiger charge is 2.19. The molecule has 6 nitrogen and oxygen atoms in total. The Morgan fingerprint density at radius 1 is 0.263 bits per heavy atom. The predicted octanol–water partition coefficient (Wildman–Crippen LogP) is 23.4. The highest BCUT2D eigenvalue weighted by Crippen LogP contribution is 2.16. The number of ether oxygens (including phenoxy) is 3. The summed E-state index contributed by atoms with van der Waals surface area (Å²) in [6, 6.07) is 0. The fourth-order valence-electron chi connectivity index (χ4n) is 9.41. The lowest BCUT2D eigenvalue weighted by Crippen LogP contribution is -2.30. The van der Waals surface area contributed by atoms with Gasteiger partial charge in [-0.1, -0.05) is 284 Å². The second kappa shape index (κ2) is 67.6. The number of rotatable bonds is 61. The van der Waals surface area contributed by atoms with Gasteiger partial charge in [0.25, 0.3) is 0 Å². The number of esters is 3. The number of allylic oxidation sites excluding steroid dienone is 18. The molecular formula is C74H126O6. The van der Waals surface area contributed by atoms with E-state index in [4.69, 9.17) is 14.2 Å². The molecule has 0 amide bonds. The third-order valence-corrected chi connectivity index (χ3v) is 14.5. The molecule has 1 atom stereocenters. The van der Waals surface area contributed by atoms with E-state index in [0.717, 1.165) is 122 Å². The lowest BCUT2D eigenvalue weighted by Gasteiger charge is -2.18. The quantitative estimate of drug-likeness (QED) is 0.0261. The summed E-state index contributed by atoms with van der Waals surface area (Å²) in [6.45, 7) is 6.51. The Bertz CT molecular complexity index is 1610. The highest BCUT2D eigenvalue weighted by molar-refractivity contribution is 5.71. The number of hydrogen-bond donors (Lipinski definition) is 0. The normalized spacial score (nSPS) is 12.8. The molecule has 0 rings (SSSR count). The van der Waals surface area contributed by atoms with Crippen molar-refractivity contribution in [3.05, 3.63) is 109 Å². The van der Waals surface area contributed by atoms with Crippen LogP contribution in [0.5, 0.6) is 0 Å². The minimum absolute atomic E-state index is 0.0877. The molecule has 0 aliphatic heterocycles. The van der Waals surface area contributed by atoms with Crippen LogP contribution in [0.4, 0.5) is 0 Å². The van der Waals surface area contributed by atoms with Crippen LogP contribution in [0.2, 0.25) is 0 Å². The van der Waals surface area contributed by atoms with E-state index in [0.29, 0.717) is 19.3 Å². The van der Waals surface area contributed by atoms with Gasteiger partial charge in [-0.15, -0.1) is 0 Å². The van der Waals surface area contributed by atoms with Crippen molar-refractivity contribution in [3.8, 4) is 0 Å². The van der Waals surface area contributed by atoms with Crippen molar-refractivity contribution >= 4 is 17.9 Å². The molecule has 0 bridgehead atoms. The Morgan fingerprint density at radius 2 is 0.487 bits per heavy atom. The Labute approximate surface area is 495 Å². The third kappa shape index (κ3) is 64.9. The van der Waals surface area contributed by atoms with Gasteiger partial charge >= 0.3 is 17.9 Å². The van der Waals surface area contributed by atoms with E-state index in [1.165, 1.54) is 161 Å². The molecule has 1 unspecified atom stereocenters. The maximum Gasteiger partial charge on any atom is 0.306 e. The van der Waals surface area contributed by atoms with E-state index >= 15 is 0 Å². The van der Waals surface area contributed by atoms with Gasteiger partial charge in [-0.2, -0.15) is 0 Å². The first-order valence-electron chi connectivity index (χ1n) is 33.9. The number of carbonyl (C=O) groups is 3. The van der Waals surface area contributed by atoms with E-state index in [9.17, 15) is 14.4 Å². The van der Waals surface area contributed by atoms with Crippen molar-refractivity contribution in [1.82, 2.24) is 0 Å². The molecule has 0 aromatic heterocycles. The van der Waals surface area contributed by atoms with Crippen molar-refractivity contribution in [2.45, 2.75) is 329 Å². The van der Waals surface area contributed by atoms with Crippen LogP contribution in [0.15, 0.2) is 109 Å². The van der Waals surface area contributed by atoms with Crippen molar-refractivity contribution < 1.29 is 28.6 Å². The van der Waals surface area contributed by atoms with Crippen molar-refractivity contribution in [2.75, 3.05) is 13.2 Å². The fraction of sp³-hybridized carbons (Fsp3) is 0.716. The zero-order valence-corrected chi connectivity index (χ0v) is 52.6. The Morgan fingerprint density at radius 3 is 0.775 bits per heavy atom. The molecular weight excluding hydrogens is 985 g/mol. The summed E-state index contributed by atoms with van der Waals surface area (Å²) in [6.07, 6.45) is 92.4. The molecule has 0 radical (unpaired) electrons. The molecule has 458 valence electrons. The lowest BCUT2D eigenvalue weighted by atomic mass is 10.0. The molecule has 0 saturated heterocycles. The maximum absolute atomic E-state index is 12.9. The summed E-state index contributed by atoms with van der Waals surface area (Å²) in [5.74, 6) is -0.902. The van der Waals surface area contributed by atoms with Crippen LogP contribution in [0.1, 0.15) is 323 Å². The lowest BCUT2D eigenvalue weighted by molar-refractivity contribution is -0.167.